The zero-order valence-electron chi connectivity index (χ0n) is 18.6. The van der Waals surface area contributed by atoms with Gasteiger partial charge in [-0.3, -0.25) is 9.59 Å². The Morgan fingerprint density at radius 2 is 1.45 bits per heavy atom. The van der Waals surface area contributed by atoms with E-state index in [9.17, 15) is 14.4 Å². The van der Waals surface area contributed by atoms with E-state index in [-0.39, 0.29) is 51.1 Å². The summed E-state index contributed by atoms with van der Waals surface area (Å²) in [7, 11) is 1.77. The minimum atomic E-state index is -0.986. The summed E-state index contributed by atoms with van der Waals surface area (Å²) < 4.78 is 11.9. The molecule has 0 heterocycles. The second kappa shape index (κ2) is 8.41. The number of ketones is 2. The largest absolute Gasteiger partial charge is 0.399 e. The third-order valence-corrected chi connectivity index (χ3v) is 7.80. The fraction of sp³-hybridized carbons (Fsp3) is 0.462. The Balaban J connectivity index is 1.45. The predicted octanol–water partition coefficient (Wildman–Crippen LogP) is 2.63. The summed E-state index contributed by atoms with van der Waals surface area (Å²) in [6.45, 7) is 0. The lowest BCUT2D eigenvalue weighted by molar-refractivity contribution is -0.0517. The number of fused-ring (bicyclic) bond motifs is 3. The summed E-state index contributed by atoms with van der Waals surface area (Å²) in [4.78, 5) is 38.4. The van der Waals surface area contributed by atoms with Crippen LogP contribution in [-0.4, -0.2) is 42.9 Å². The number of carbonyl (C=O) groups is 2. The van der Waals surface area contributed by atoms with Crippen molar-refractivity contribution >= 4 is 17.5 Å². The van der Waals surface area contributed by atoms with Gasteiger partial charge in [0.2, 0.25) is 0 Å². The summed E-state index contributed by atoms with van der Waals surface area (Å²) in [6.07, 6.45) is 5.11. The van der Waals surface area contributed by atoms with Crippen LogP contribution in [0.4, 0.5) is 0 Å². The molecule has 0 bridgehead atoms. The van der Waals surface area contributed by atoms with E-state index in [4.69, 9.17) is 20.9 Å². The van der Waals surface area contributed by atoms with Gasteiger partial charge in [-0.2, -0.15) is 0 Å². The quantitative estimate of drug-likeness (QED) is 0.682. The van der Waals surface area contributed by atoms with Crippen molar-refractivity contribution in [3.8, 4) is 0 Å². The average Bonchev–Trinajstić information content (AvgIpc) is 2.84. The van der Waals surface area contributed by atoms with Gasteiger partial charge in [-0.25, -0.2) is 4.79 Å². The van der Waals surface area contributed by atoms with Crippen molar-refractivity contribution in [1.29, 1.82) is 0 Å². The summed E-state index contributed by atoms with van der Waals surface area (Å²) in [5.41, 5.74) is 13.3. The molecule has 1 aromatic carbocycles. The van der Waals surface area contributed by atoms with E-state index in [0.29, 0.717) is 17.9 Å². The van der Waals surface area contributed by atoms with E-state index >= 15 is 0 Å². The van der Waals surface area contributed by atoms with Crippen molar-refractivity contribution in [3.05, 3.63) is 63.5 Å². The van der Waals surface area contributed by atoms with Crippen LogP contribution in [0.2, 0.25) is 0 Å². The average molecular weight is 449 g/mol. The van der Waals surface area contributed by atoms with Gasteiger partial charge in [0.1, 0.15) is 12.0 Å². The second-order valence-corrected chi connectivity index (χ2v) is 9.48. The lowest BCUT2D eigenvalue weighted by Gasteiger charge is -2.42. The third-order valence-electron chi connectivity index (χ3n) is 7.80. The van der Waals surface area contributed by atoms with E-state index in [1.807, 2.05) is 5.94 Å². The van der Waals surface area contributed by atoms with Crippen LogP contribution in [-0.2, 0) is 14.3 Å². The number of rotatable bonds is 3. The number of hydrogen-bond acceptors (Lipinski definition) is 7. The molecule has 1 aromatic rings. The van der Waals surface area contributed by atoms with E-state index in [2.05, 4.69) is 0 Å². The maximum absolute atomic E-state index is 13.3. The lowest BCUT2D eigenvalue weighted by atomic mass is 9.69. The van der Waals surface area contributed by atoms with Gasteiger partial charge in [0.05, 0.1) is 40.3 Å². The summed E-state index contributed by atoms with van der Waals surface area (Å²) in [5.74, 6) is 2.20. The monoisotopic (exact) mass is 448 g/mol. The molecule has 2 fully saturated rings. The Kier molecular flexibility index (Phi) is 5.57. The van der Waals surface area contributed by atoms with Crippen LogP contribution in [0.3, 0.4) is 0 Å². The minimum absolute atomic E-state index is 0.00278. The molecule has 0 saturated heterocycles. The topological polar surface area (TPSA) is 122 Å². The zero-order valence-corrected chi connectivity index (χ0v) is 18.6. The Hall–Kier alpha value is -2.99. The number of nitrogens with two attached hydrogens (primary N) is 2. The number of allylic oxidation sites excluding steroid dienone is 2. The van der Waals surface area contributed by atoms with Crippen molar-refractivity contribution < 1.29 is 23.9 Å². The Labute approximate surface area is 192 Å². The minimum Gasteiger partial charge on any atom is -0.399 e. The summed E-state index contributed by atoms with van der Waals surface area (Å²) in [5, 5.41) is 0. The number of Topliss-reactive ketones (excluding diaryl/α,β-unsaturated/α-hetero) is 2. The standard InChI is InChI=1S/C26H28N2O5/c1-32-15-8-6-14-11-16(9-7-13(14)10-15)33-26-19(12-29)22(27)20-21(23(26)28)25(31)18-5-3-2-4-17(18)24(20)30/h2-5,13-16,26H,6-11,27-28H2,1H3. The van der Waals surface area contributed by atoms with E-state index in [1.165, 1.54) is 0 Å². The summed E-state index contributed by atoms with van der Waals surface area (Å²) in [6, 6.07) is 6.55. The van der Waals surface area contributed by atoms with Crippen molar-refractivity contribution in [2.75, 3.05) is 7.11 Å². The molecule has 0 radical (unpaired) electrons. The van der Waals surface area contributed by atoms with Crippen molar-refractivity contribution in [1.82, 2.24) is 0 Å². The first-order valence-electron chi connectivity index (χ1n) is 11.6. The van der Waals surface area contributed by atoms with Crippen LogP contribution in [0.5, 0.6) is 0 Å². The van der Waals surface area contributed by atoms with Crippen LogP contribution < -0.4 is 11.5 Å². The van der Waals surface area contributed by atoms with Crippen molar-refractivity contribution in [2.24, 2.45) is 23.3 Å². The van der Waals surface area contributed by atoms with E-state index in [0.717, 1.165) is 38.5 Å². The molecule has 4 aliphatic carbocycles. The molecule has 5 atom stereocenters. The van der Waals surface area contributed by atoms with E-state index in [1.54, 1.807) is 31.4 Å². The highest BCUT2D eigenvalue weighted by atomic mass is 16.5. The SMILES string of the molecule is COC1CCC2CC(OC3C(=C=O)C(N)=C4C(=O)c5ccccc5C(=O)C4=C3N)CCC2C1. The Morgan fingerprint density at radius 1 is 0.879 bits per heavy atom. The van der Waals surface area contributed by atoms with Gasteiger partial charge in [0.25, 0.3) is 0 Å². The molecule has 33 heavy (non-hydrogen) atoms. The molecule has 4 N–H and O–H groups in total. The second-order valence-electron chi connectivity index (χ2n) is 9.48. The van der Waals surface area contributed by atoms with Crippen molar-refractivity contribution in [3.63, 3.8) is 0 Å². The first-order valence-corrected chi connectivity index (χ1v) is 11.6. The molecule has 7 nitrogen and oxygen atoms in total. The molecule has 2 saturated carbocycles. The van der Waals surface area contributed by atoms with Gasteiger partial charge < -0.3 is 20.9 Å². The van der Waals surface area contributed by atoms with Gasteiger partial charge in [-0.05, 0) is 50.4 Å². The van der Waals surface area contributed by atoms with Crippen LogP contribution in [0.15, 0.2) is 52.4 Å². The number of methoxy groups -OCH3 is 1. The van der Waals surface area contributed by atoms with Crippen LogP contribution >= 0.6 is 0 Å². The smallest absolute Gasteiger partial charge is 0.196 e. The lowest BCUT2D eigenvalue weighted by Crippen LogP contribution is -2.42. The highest BCUT2D eigenvalue weighted by molar-refractivity contribution is 6.32. The van der Waals surface area contributed by atoms with Crippen molar-refractivity contribution in [2.45, 2.75) is 56.8 Å². The highest BCUT2D eigenvalue weighted by Gasteiger charge is 2.44. The normalized spacial score (nSPS) is 31.7. The van der Waals surface area contributed by atoms with Gasteiger partial charge in [-0.1, -0.05) is 24.3 Å². The molecular weight excluding hydrogens is 420 g/mol. The molecule has 4 aliphatic rings. The predicted molar refractivity (Wildman–Crippen MR) is 121 cm³/mol. The number of hydrogen-bond donors (Lipinski definition) is 2. The molecule has 5 rings (SSSR count). The maximum atomic E-state index is 13.3. The van der Waals surface area contributed by atoms with Gasteiger partial charge in [-0.15, -0.1) is 0 Å². The first kappa shape index (κ1) is 21.8. The number of carbonyl (C=O) groups excluding carboxylic acids is 3. The molecule has 0 spiro atoms. The molecule has 0 aliphatic heterocycles. The molecule has 0 amide bonds. The van der Waals surface area contributed by atoms with Crippen LogP contribution in [0.1, 0.15) is 59.2 Å². The Morgan fingerprint density at radius 3 is 2.06 bits per heavy atom. The Bertz CT molecular complexity index is 1140. The molecular formula is C26H28N2O5. The van der Waals surface area contributed by atoms with Gasteiger partial charge in [0, 0.05) is 18.2 Å². The van der Waals surface area contributed by atoms with Crippen LogP contribution in [0, 0.1) is 11.8 Å². The molecule has 7 heteroatoms. The molecule has 0 aromatic heterocycles. The number of ether oxygens (including phenoxy) is 2. The number of benzene rings is 1. The van der Waals surface area contributed by atoms with Gasteiger partial charge in [0.15, 0.2) is 11.6 Å². The highest BCUT2D eigenvalue weighted by Crippen LogP contribution is 2.44. The van der Waals surface area contributed by atoms with Crippen LogP contribution in [0.25, 0.3) is 0 Å². The molecule has 172 valence electrons. The molecule has 5 unspecified atom stereocenters. The first-order chi connectivity index (χ1) is 15.9. The fourth-order valence-corrected chi connectivity index (χ4v) is 6.05. The van der Waals surface area contributed by atoms with Gasteiger partial charge >= 0.3 is 0 Å². The fourth-order valence-electron chi connectivity index (χ4n) is 6.05. The van der Waals surface area contributed by atoms with E-state index < -0.39 is 11.9 Å². The maximum Gasteiger partial charge on any atom is 0.196 e. The summed E-state index contributed by atoms with van der Waals surface area (Å²) >= 11 is 0. The third kappa shape index (κ3) is 3.48. The zero-order chi connectivity index (χ0) is 23.3.